The first-order valence-corrected chi connectivity index (χ1v) is 12.0. The zero-order valence-electron chi connectivity index (χ0n) is 18.2. The van der Waals surface area contributed by atoms with Gasteiger partial charge in [0.25, 0.3) is 0 Å². The fraction of sp³-hybridized carbons (Fsp3) is 0.273. The topological polar surface area (TPSA) is 98.3 Å². The molecule has 0 radical (unpaired) electrons. The van der Waals surface area contributed by atoms with E-state index in [1.807, 2.05) is 37.3 Å². The molecule has 0 fully saturated rings. The summed E-state index contributed by atoms with van der Waals surface area (Å²) in [6.07, 6.45) is 1.72. The zero-order chi connectivity index (χ0) is 22.9. The minimum Gasteiger partial charge on any atom is -0.372 e. The number of hydrazone groups is 1. The van der Waals surface area contributed by atoms with Crippen LogP contribution in [-0.2, 0) is 4.79 Å². The molecule has 168 valence electrons. The molecule has 0 unspecified atom stereocenters. The van der Waals surface area contributed by atoms with E-state index in [1.165, 1.54) is 17.4 Å². The van der Waals surface area contributed by atoms with E-state index in [2.05, 4.69) is 77.8 Å². The standard InChI is InChI=1S/C22H26BrN7OS/c1-4-30(5-2)17-9-7-16(8-10-17)13-24-27-21-26-22(29-28-21)32-14-20(31)25-19-11-6-15(3)12-18(19)23/h6-13H,4-5,14H2,1-3H3,(H,25,31)(H2,26,27,28,29)/b24-13+. The van der Waals surface area contributed by atoms with Gasteiger partial charge in [0.2, 0.25) is 17.0 Å². The number of H-pyrrole nitrogens is 1. The number of aromatic amines is 1. The fourth-order valence-corrected chi connectivity index (χ4v) is 4.12. The van der Waals surface area contributed by atoms with Gasteiger partial charge in [-0.3, -0.25) is 4.79 Å². The molecule has 32 heavy (non-hydrogen) atoms. The third kappa shape index (κ3) is 6.83. The first-order chi connectivity index (χ1) is 15.5. The highest BCUT2D eigenvalue weighted by molar-refractivity contribution is 9.10. The van der Waals surface area contributed by atoms with E-state index >= 15 is 0 Å². The van der Waals surface area contributed by atoms with Gasteiger partial charge in [-0.05, 0) is 72.1 Å². The zero-order valence-corrected chi connectivity index (χ0v) is 20.6. The maximum Gasteiger partial charge on any atom is 0.240 e. The number of hydrogen-bond donors (Lipinski definition) is 3. The number of amides is 1. The highest BCUT2D eigenvalue weighted by Gasteiger charge is 2.09. The van der Waals surface area contributed by atoms with E-state index in [0.29, 0.717) is 11.1 Å². The Kier molecular flexibility index (Phi) is 8.69. The molecule has 10 heteroatoms. The van der Waals surface area contributed by atoms with Gasteiger partial charge >= 0.3 is 0 Å². The maximum atomic E-state index is 12.2. The lowest BCUT2D eigenvalue weighted by Crippen LogP contribution is -2.21. The van der Waals surface area contributed by atoms with Gasteiger partial charge in [0.15, 0.2) is 0 Å². The van der Waals surface area contributed by atoms with Gasteiger partial charge in [0, 0.05) is 23.2 Å². The van der Waals surface area contributed by atoms with Crippen LogP contribution in [0.15, 0.2) is 57.2 Å². The Hall–Kier alpha value is -2.85. The molecule has 0 aliphatic rings. The van der Waals surface area contributed by atoms with Gasteiger partial charge in [-0.15, -0.1) is 5.10 Å². The predicted octanol–water partition coefficient (Wildman–Crippen LogP) is 4.90. The summed E-state index contributed by atoms with van der Waals surface area (Å²) < 4.78 is 0.848. The Bertz CT molecular complexity index is 1060. The third-order valence-corrected chi connectivity index (χ3v) is 6.11. The van der Waals surface area contributed by atoms with Crippen LogP contribution in [0.25, 0.3) is 0 Å². The Balaban J connectivity index is 1.46. The van der Waals surface area contributed by atoms with Crippen LogP contribution in [0.5, 0.6) is 0 Å². The molecular formula is C22H26BrN7OS. The molecule has 0 bridgehead atoms. The summed E-state index contributed by atoms with van der Waals surface area (Å²) in [5.74, 6) is 0.468. The van der Waals surface area contributed by atoms with Gasteiger partial charge < -0.3 is 10.2 Å². The average Bonchev–Trinajstić information content (AvgIpc) is 3.24. The molecule has 0 spiro atoms. The lowest BCUT2D eigenvalue weighted by Gasteiger charge is -2.20. The molecule has 0 aliphatic carbocycles. The van der Waals surface area contributed by atoms with Crippen LogP contribution in [0.1, 0.15) is 25.0 Å². The molecule has 0 aliphatic heterocycles. The number of nitrogens with zero attached hydrogens (tertiary/aromatic N) is 4. The molecule has 8 nitrogen and oxygen atoms in total. The first-order valence-electron chi connectivity index (χ1n) is 10.2. The predicted molar refractivity (Wildman–Crippen MR) is 136 cm³/mol. The van der Waals surface area contributed by atoms with Crippen LogP contribution in [-0.4, -0.2) is 46.1 Å². The van der Waals surface area contributed by atoms with Gasteiger partial charge in [0.1, 0.15) is 0 Å². The number of anilines is 3. The van der Waals surface area contributed by atoms with Gasteiger partial charge in [0.05, 0.1) is 17.7 Å². The van der Waals surface area contributed by atoms with E-state index in [0.717, 1.165) is 34.4 Å². The SMILES string of the molecule is CCN(CC)c1ccc(/C=N/Nc2nc(SCC(=O)Nc3ccc(C)cc3Br)n[nH]2)cc1. The van der Waals surface area contributed by atoms with Crippen LogP contribution in [0.2, 0.25) is 0 Å². The summed E-state index contributed by atoms with van der Waals surface area (Å²) in [4.78, 5) is 18.8. The third-order valence-electron chi connectivity index (χ3n) is 4.60. The molecule has 3 rings (SSSR count). The summed E-state index contributed by atoms with van der Waals surface area (Å²) in [7, 11) is 0. The first kappa shape index (κ1) is 23.8. The van der Waals surface area contributed by atoms with Crippen molar-refractivity contribution in [3.63, 3.8) is 0 Å². The Labute approximate surface area is 200 Å². The molecule has 3 aromatic rings. The number of benzene rings is 2. The summed E-state index contributed by atoms with van der Waals surface area (Å²) in [5.41, 5.74) is 6.84. The average molecular weight is 516 g/mol. The monoisotopic (exact) mass is 515 g/mol. The molecule has 0 saturated carbocycles. The van der Waals surface area contributed by atoms with E-state index in [9.17, 15) is 4.79 Å². The number of aryl methyl sites for hydroxylation is 1. The number of thioether (sulfide) groups is 1. The second kappa shape index (κ2) is 11.7. The Morgan fingerprint density at radius 1 is 1.22 bits per heavy atom. The molecule has 3 N–H and O–H groups in total. The highest BCUT2D eigenvalue weighted by Crippen LogP contribution is 2.24. The fourth-order valence-electron chi connectivity index (χ4n) is 2.93. The van der Waals surface area contributed by atoms with Crippen molar-refractivity contribution in [1.29, 1.82) is 0 Å². The molecule has 1 heterocycles. The number of carbonyl (C=O) groups is 1. The van der Waals surface area contributed by atoms with E-state index in [-0.39, 0.29) is 11.7 Å². The van der Waals surface area contributed by atoms with E-state index in [4.69, 9.17) is 0 Å². The number of nitrogens with one attached hydrogen (secondary N) is 3. The van der Waals surface area contributed by atoms with Gasteiger partial charge in [-0.25, -0.2) is 10.5 Å². The van der Waals surface area contributed by atoms with Crippen molar-refractivity contribution >= 4 is 57.1 Å². The highest BCUT2D eigenvalue weighted by atomic mass is 79.9. The summed E-state index contributed by atoms with van der Waals surface area (Å²) >= 11 is 4.70. The minimum absolute atomic E-state index is 0.134. The number of hydrogen-bond acceptors (Lipinski definition) is 7. The molecule has 0 atom stereocenters. The second-order valence-corrected chi connectivity index (χ2v) is 8.72. The maximum absolute atomic E-state index is 12.2. The second-order valence-electron chi connectivity index (χ2n) is 6.92. The Morgan fingerprint density at radius 2 is 1.97 bits per heavy atom. The number of rotatable bonds is 10. The lowest BCUT2D eigenvalue weighted by atomic mass is 10.2. The lowest BCUT2D eigenvalue weighted by molar-refractivity contribution is -0.113. The normalized spacial score (nSPS) is 11.0. The molecule has 2 aromatic carbocycles. The smallest absolute Gasteiger partial charge is 0.240 e. The summed E-state index contributed by atoms with van der Waals surface area (Å²) in [6.45, 7) is 8.23. The van der Waals surface area contributed by atoms with Crippen LogP contribution in [0.4, 0.5) is 17.3 Å². The van der Waals surface area contributed by atoms with Gasteiger partial charge in [-0.1, -0.05) is 30.0 Å². The van der Waals surface area contributed by atoms with Crippen molar-refractivity contribution < 1.29 is 4.79 Å². The summed E-state index contributed by atoms with van der Waals surface area (Å²) in [6, 6.07) is 14.0. The van der Waals surface area contributed by atoms with Crippen molar-refractivity contribution in [1.82, 2.24) is 15.2 Å². The van der Waals surface area contributed by atoms with E-state index in [1.54, 1.807) is 6.21 Å². The van der Waals surface area contributed by atoms with Crippen molar-refractivity contribution in [2.24, 2.45) is 5.10 Å². The van der Waals surface area contributed by atoms with E-state index < -0.39 is 0 Å². The largest absolute Gasteiger partial charge is 0.372 e. The van der Waals surface area contributed by atoms with Crippen LogP contribution >= 0.6 is 27.7 Å². The number of carbonyl (C=O) groups excluding carboxylic acids is 1. The van der Waals surface area contributed by atoms with Crippen LogP contribution < -0.4 is 15.6 Å². The minimum atomic E-state index is -0.134. The number of aromatic nitrogens is 3. The molecule has 1 amide bonds. The Morgan fingerprint density at radius 3 is 2.66 bits per heavy atom. The number of halogens is 1. The van der Waals surface area contributed by atoms with Crippen molar-refractivity contribution in [2.45, 2.75) is 25.9 Å². The van der Waals surface area contributed by atoms with Crippen LogP contribution in [0, 0.1) is 6.92 Å². The van der Waals surface area contributed by atoms with Crippen LogP contribution in [0.3, 0.4) is 0 Å². The van der Waals surface area contributed by atoms with Crippen molar-refractivity contribution in [3.05, 3.63) is 58.1 Å². The molecule has 0 saturated heterocycles. The molecule has 1 aromatic heterocycles. The quantitative estimate of drug-likeness (QED) is 0.202. The summed E-state index contributed by atoms with van der Waals surface area (Å²) in [5, 5.41) is 14.4. The van der Waals surface area contributed by atoms with Crippen molar-refractivity contribution in [2.75, 3.05) is 34.5 Å². The molecular weight excluding hydrogens is 490 g/mol. The van der Waals surface area contributed by atoms with Crippen molar-refractivity contribution in [3.8, 4) is 0 Å². The van der Waals surface area contributed by atoms with Gasteiger partial charge in [-0.2, -0.15) is 10.1 Å².